The molecule has 0 saturated heterocycles. The average Bonchev–Trinajstić information content (AvgIpc) is 2.17. The van der Waals surface area contributed by atoms with Gasteiger partial charge in [0.15, 0.2) is 0 Å². The van der Waals surface area contributed by atoms with Gasteiger partial charge in [-0.25, -0.2) is 0 Å². The predicted molar refractivity (Wildman–Crippen MR) is 57.8 cm³/mol. The number of aliphatic hydroxyl groups is 1. The van der Waals surface area contributed by atoms with E-state index in [2.05, 4.69) is 15.9 Å². The van der Waals surface area contributed by atoms with Gasteiger partial charge in [0.25, 0.3) is 0 Å². The molecular weight excluding hydrogens is 228 g/mol. The summed E-state index contributed by atoms with van der Waals surface area (Å²) in [6.45, 7) is 0. The molecule has 0 spiro atoms. The van der Waals surface area contributed by atoms with Gasteiger partial charge in [0, 0.05) is 0 Å². The molecular formula is C11H9BrO. The second-order valence-corrected chi connectivity index (χ2v) is 3.77. The Morgan fingerprint density at radius 1 is 1.00 bits per heavy atom. The van der Waals surface area contributed by atoms with Crippen molar-refractivity contribution in [3.8, 4) is 0 Å². The summed E-state index contributed by atoms with van der Waals surface area (Å²) in [6, 6.07) is 13.9. The first-order valence-corrected chi connectivity index (χ1v) is 5.00. The molecule has 0 bridgehead atoms. The molecule has 1 atom stereocenters. The second-order valence-electron chi connectivity index (χ2n) is 2.90. The van der Waals surface area contributed by atoms with E-state index < -0.39 is 5.01 Å². The van der Waals surface area contributed by atoms with Gasteiger partial charge in [-0.15, -0.1) is 0 Å². The molecule has 0 aliphatic carbocycles. The highest BCUT2D eigenvalue weighted by Crippen LogP contribution is 2.27. The Bertz CT molecular complexity index is 418. The number of hydrogen-bond donors (Lipinski definition) is 1. The summed E-state index contributed by atoms with van der Waals surface area (Å²) in [6.07, 6.45) is 0. The molecule has 0 aromatic heterocycles. The van der Waals surface area contributed by atoms with Crippen molar-refractivity contribution in [2.24, 2.45) is 0 Å². The van der Waals surface area contributed by atoms with Crippen molar-refractivity contribution < 1.29 is 5.11 Å². The smallest absolute Gasteiger partial charge is 0.134 e. The van der Waals surface area contributed by atoms with Crippen LogP contribution in [0.2, 0.25) is 0 Å². The Hall–Kier alpha value is -0.860. The quantitative estimate of drug-likeness (QED) is 0.755. The van der Waals surface area contributed by atoms with Crippen LogP contribution in [0.5, 0.6) is 0 Å². The van der Waals surface area contributed by atoms with E-state index >= 15 is 0 Å². The van der Waals surface area contributed by atoms with Crippen LogP contribution in [0.4, 0.5) is 0 Å². The van der Waals surface area contributed by atoms with Gasteiger partial charge in [-0.1, -0.05) is 58.4 Å². The molecule has 0 heterocycles. The first kappa shape index (κ1) is 8.73. The zero-order valence-corrected chi connectivity index (χ0v) is 8.53. The standard InChI is InChI=1S/C11H9BrO/c12-11(13)10-7-3-5-8-4-1-2-6-9(8)10/h1-7,11,13H. The van der Waals surface area contributed by atoms with Crippen molar-refractivity contribution in [3.05, 3.63) is 48.0 Å². The number of benzene rings is 2. The molecule has 1 unspecified atom stereocenters. The molecule has 0 fully saturated rings. The first-order chi connectivity index (χ1) is 6.29. The van der Waals surface area contributed by atoms with Crippen LogP contribution in [0.3, 0.4) is 0 Å². The molecule has 0 amide bonds. The van der Waals surface area contributed by atoms with Crippen molar-refractivity contribution in [2.45, 2.75) is 5.01 Å². The summed E-state index contributed by atoms with van der Waals surface area (Å²) in [4.78, 5) is 0. The lowest BCUT2D eigenvalue weighted by atomic mass is 10.1. The highest BCUT2D eigenvalue weighted by molar-refractivity contribution is 9.09. The van der Waals surface area contributed by atoms with Crippen molar-refractivity contribution in [1.29, 1.82) is 0 Å². The van der Waals surface area contributed by atoms with E-state index in [4.69, 9.17) is 0 Å². The van der Waals surface area contributed by atoms with Crippen molar-refractivity contribution in [2.75, 3.05) is 0 Å². The van der Waals surface area contributed by atoms with Crippen LogP contribution >= 0.6 is 15.9 Å². The summed E-state index contributed by atoms with van der Waals surface area (Å²) in [5.74, 6) is 0. The Morgan fingerprint density at radius 2 is 1.69 bits per heavy atom. The van der Waals surface area contributed by atoms with Crippen LogP contribution in [-0.2, 0) is 0 Å². The van der Waals surface area contributed by atoms with Crippen LogP contribution < -0.4 is 0 Å². The van der Waals surface area contributed by atoms with E-state index in [1.807, 2.05) is 42.5 Å². The van der Waals surface area contributed by atoms with Crippen molar-refractivity contribution >= 4 is 26.7 Å². The average molecular weight is 237 g/mol. The van der Waals surface area contributed by atoms with E-state index in [-0.39, 0.29) is 0 Å². The van der Waals surface area contributed by atoms with Gasteiger partial charge >= 0.3 is 0 Å². The Labute approximate surface area is 85.1 Å². The van der Waals surface area contributed by atoms with Crippen molar-refractivity contribution in [3.63, 3.8) is 0 Å². The number of alkyl halides is 1. The summed E-state index contributed by atoms with van der Waals surface area (Å²) in [5.41, 5.74) is 0.915. The SMILES string of the molecule is OC(Br)c1cccc2ccccc12. The minimum Gasteiger partial charge on any atom is -0.377 e. The van der Waals surface area contributed by atoms with Gasteiger partial charge in [0.05, 0.1) is 0 Å². The first-order valence-electron chi connectivity index (χ1n) is 4.09. The van der Waals surface area contributed by atoms with Gasteiger partial charge in [0.2, 0.25) is 0 Å². The fourth-order valence-electron chi connectivity index (χ4n) is 1.46. The molecule has 0 aliphatic rings. The molecule has 66 valence electrons. The third kappa shape index (κ3) is 1.60. The lowest BCUT2D eigenvalue weighted by Crippen LogP contribution is -1.88. The molecule has 2 rings (SSSR count). The normalized spacial score (nSPS) is 13.1. The lowest BCUT2D eigenvalue weighted by molar-refractivity contribution is 0.278. The molecule has 2 aromatic rings. The Kier molecular flexibility index (Phi) is 2.34. The Balaban J connectivity index is 2.76. The van der Waals surface area contributed by atoms with Crippen LogP contribution in [0, 0.1) is 0 Å². The molecule has 0 radical (unpaired) electrons. The predicted octanol–water partition coefficient (Wildman–Crippen LogP) is 3.23. The highest BCUT2D eigenvalue weighted by Gasteiger charge is 2.05. The van der Waals surface area contributed by atoms with Crippen LogP contribution in [0.1, 0.15) is 10.6 Å². The lowest BCUT2D eigenvalue weighted by Gasteiger charge is -2.06. The van der Waals surface area contributed by atoms with Gasteiger partial charge in [-0.2, -0.15) is 0 Å². The van der Waals surface area contributed by atoms with E-state index in [0.29, 0.717) is 0 Å². The van der Waals surface area contributed by atoms with Gasteiger partial charge in [0.1, 0.15) is 5.01 Å². The Morgan fingerprint density at radius 3 is 2.46 bits per heavy atom. The second kappa shape index (κ2) is 3.48. The number of rotatable bonds is 1. The van der Waals surface area contributed by atoms with Crippen LogP contribution in [0.25, 0.3) is 10.8 Å². The zero-order chi connectivity index (χ0) is 9.26. The molecule has 2 aromatic carbocycles. The molecule has 0 aliphatic heterocycles. The topological polar surface area (TPSA) is 20.2 Å². The van der Waals surface area contributed by atoms with Crippen molar-refractivity contribution in [1.82, 2.24) is 0 Å². The molecule has 2 heteroatoms. The summed E-state index contributed by atoms with van der Waals surface area (Å²) < 4.78 is 0. The summed E-state index contributed by atoms with van der Waals surface area (Å²) in [7, 11) is 0. The fourth-order valence-corrected chi connectivity index (χ4v) is 1.86. The highest BCUT2D eigenvalue weighted by atomic mass is 79.9. The third-order valence-corrected chi connectivity index (χ3v) is 2.57. The van der Waals surface area contributed by atoms with Crippen LogP contribution in [0.15, 0.2) is 42.5 Å². The number of fused-ring (bicyclic) bond motifs is 1. The largest absolute Gasteiger partial charge is 0.377 e. The minimum absolute atomic E-state index is 0.585. The van der Waals surface area contributed by atoms with Gasteiger partial charge in [-0.05, 0) is 16.3 Å². The number of aliphatic hydroxyl groups excluding tert-OH is 1. The van der Waals surface area contributed by atoms with E-state index in [9.17, 15) is 5.11 Å². The number of hydrogen-bond acceptors (Lipinski definition) is 1. The summed E-state index contributed by atoms with van der Waals surface area (Å²) in [5, 5.41) is 11.1. The van der Waals surface area contributed by atoms with Gasteiger partial charge in [-0.3, -0.25) is 0 Å². The van der Waals surface area contributed by atoms with Crippen LogP contribution in [-0.4, -0.2) is 5.11 Å². The maximum Gasteiger partial charge on any atom is 0.134 e. The van der Waals surface area contributed by atoms with E-state index in [1.165, 1.54) is 0 Å². The third-order valence-electron chi connectivity index (χ3n) is 2.08. The molecule has 1 N–H and O–H groups in total. The fraction of sp³-hybridized carbons (Fsp3) is 0.0909. The maximum absolute atomic E-state index is 9.44. The monoisotopic (exact) mass is 236 g/mol. The molecule has 13 heavy (non-hydrogen) atoms. The van der Waals surface area contributed by atoms with Gasteiger partial charge < -0.3 is 5.11 Å². The zero-order valence-electron chi connectivity index (χ0n) is 6.94. The molecule has 0 saturated carbocycles. The summed E-state index contributed by atoms with van der Waals surface area (Å²) >= 11 is 3.16. The van der Waals surface area contributed by atoms with E-state index in [1.54, 1.807) is 0 Å². The van der Waals surface area contributed by atoms with E-state index in [0.717, 1.165) is 16.3 Å². The molecule has 1 nitrogen and oxygen atoms in total. The minimum atomic E-state index is -0.585. The maximum atomic E-state index is 9.44. The number of halogens is 1.